The Hall–Kier alpha value is -1.24. The number of nitrogens with one attached hydrogen (secondary N) is 1. The number of rotatable bonds is 7. The first-order chi connectivity index (χ1) is 13.0. The quantitative estimate of drug-likeness (QED) is 0.604. The highest BCUT2D eigenvalue weighted by molar-refractivity contribution is 7.99. The SMILES string of the molecule is Cn1c(CCC2CCCCC2)nnc1SCC(=O)Nc1ccc(Cl)c(Cl)c1. The molecule has 1 aliphatic carbocycles. The fraction of sp³-hybridized carbons (Fsp3) is 0.526. The van der Waals surface area contributed by atoms with Crippen LogP contribution in [0.3, 0.4) is 0 Å². The molecule has 1 amide bonds. The van der Waals surface area contributed by atoms with Crippen molar-refractivity contribution in [2.24, 2.45) is 13.0 Å². The molecule has 0 spiro atoms. The average molecular weight is 427 g/mol. The summed E-state index contributed by atoms with van der Waals surface area (Å²) < 4.78 is 2.00. The molecular weight excluding hydrogens is 403 g/mol. The van der Waals surface area contributed by atoms with E-state index >= 15 is 0 Å². The van der Waals surface area contributed by atoms with Gasteiger partial charge in [0.25, 0.3) is 0 Å². The monoisotopic (exact) mass is 426 g/mol. The molecule has 1 N–H and O–H groups in total. The number of carbonyl (C=O) groups is 1. The summed E-state index contributed by atoms with van der Waals surface area (Å²) >= 11 is 13.2. The van der Waals surface area contributed by atoms with Crippen molar-refractivity contribution in [3.05, 3.63) is 34.1 Å². The van der Waals surface area contributed by atoms with Crippen LogP contribution >= 0.6 is 35.0 Å². The van der Waals surface area contributed by atoms with Crippen LogP contribution in [0.15, 0.2) is 23.4 Å². The number of hydrogen-bond donors (Lipinski definition) is 1. The van der Waals surface area contributed by atoms with Crippen molar-refractivity contribution in [3.63, 3.8) is 0 Å². The van der Waals surface area contributed by atoms with Gasteiger partial charge in [-0.25, -0.2) is 0 Å². The van der Waals surface area contributed by atoms with E-state index in [0.717, 1.165) is 23.3 Å². The molecule has 0 aliphatic heterocycles. The van der Waals surface area contributed by atoms with Crippen LogP contribution < -0.4 is 5.32 Å². The van der Waals surface area contributed by atoms with E-state index in [1.165, 1.54) is 50.3 Å². The second-order valence-corrected chi connectivity index (χ2v) is 8.72. The molecule has 1 aliphatic rings. The van der Waals surface area contributed by atoms with Crippen LogP contribution in [0.2, 0.25) is 10.0 Å². The molecule has 0 unspecified atom stereocenters. The number of aryl methyl sites for hydroxylation is 1. The average Bonchev–Trinajstić information content (AvgIpc) is 3.02. The van der Waals surface area contributed by atoms with Crippen molar-refractivity contribution in [1.82, 2.24) is 14.8 Å². The molecule has 1 saturated carbocycles. The molecule has 146 valence electrons. The summed E-state index contributed by atoms with van der Waals surface area (Å²) in [6.45, 7) is 0. The minimum atomic E-state index is -0.120. The van der Waals surface area contributed by atoms with Crippen molar-refractivity contribution in [3.8, 4) is 0 Å². The fourth-order valence-corrected chi connectivity index (χ4v) is 4.43. The number of carbonyl (C=O) groups excluding carboxylic acids is 1. The van der Waals surface area contributed by atoms with Crippen molar-refractivity contribution >= 4 is 46.6 Å². The summed E-state index contributed by atoms with van der Waals surface area (Å²) in [5.74, 6) is 1.95. The van der Waals surface area contributed by atoms with E-state index in [2.05, 4.69) is 15.5 Å². The van der Waals surface area contributed by atoms with Gasteiger partial charge in [-0.15, -0.1) is 10.2 Å². The topological polar surface area (TPSA) is 59.8 Å². The van der Waals surface area contributed by atoms with Crippen LogP contribution in [0.25, 0.3) is 0 Å². The normalized spacial score (nSPS) is 15.1. The van der Waals surface area contributed by atoms with E-state index in [-0.39, 0.29) is 11.7 Å². The second-order valence-electron chi connectivity index (χ2n) is 6.97. The van der Waals surface area contributed by atoms with E-state index in [0.29, 0.717) is 15.7 Å². The highest BCUT2D eigenvalue weighted by atomic mass is 35.5. The Kier molecular flexibility index (Phi) is 7.44. The van der Waals surface area contributed by atoms with Crippen LogP contribution in [-0.4, -0.2) is 26.4 Å². The lowest BCUT2D eigenvalue weighted by Crippen LogP contribution is -2.14. The van der Waals surface area contributed by atoms with Crippen LogP contribution in [0.5, 0.6) is 0 Å². The lowest BCUT2D eigenvalue weighted by molar-refractivity contribution is -0.113. The molecular formula is C19H24Cl2N4OS. The summed E-state index contributed by atoms with van der Waals surface area (Å²) in [4.78, 5) is 12.2. The molecule has 1 aromatic heterocycles. The summed E-state index contributed by atoms with van der Waals surface area (Å²) in [7, 11) is 1.97. The molecule has 0 bridgehead atoms. The molecule has 1 aromatic carbocycles. The van der Waals surface area contributed by atoms with Crippen LogP contribution in [0.4, 0.5) is 5.69 Å². The number of hydrogen-bond acceptors (Lipinski definition) is 4. The minimum Gasteiger partial charge on any atom is -0.325 e. The zero-order valence-corrected chi connectivity index (χ0v) is 17.7. The van der Waals surface area contributed by atoms with Gasteiger partial charge < -0.3 is 9.88 Å². The van der Waals surface area contributed by atoms with Crippen LogP contribution in [-0.2, 0) is 18.3 Å². The molecule has 27 heavy (non-hydrogen) atoms. The van der Waals surface area contributed by atoms with Gasteiger partial charge in [0.1, 0.15) is 5.82 Å². The Morgan fingerprint density at radius 3 is 2.74 bits per heavy atom. The van der Waals surface area contributed by atoms with Gasteiger partial charge in [-0.05, 0) is 30.5 Å². The smallest absolute Gasteiger partial charge is 0.234 e. The van der Waals surface area contributed by atoms with Crippen LogP contribution in [0.1, 0.15) is 44.3 Å². The van der Waals surface area contributed by atoms with Gasteiger partial charge in [0.15, 0.2) is 5.16 Å². The maximum absolute atomic E-state index is 12.2. The van der Waals surface area contributed by atoms with E-state index in [9.17, 15) is 4.79 Å². The molecule has 1 heterocycles. The minimum absolute atomic E-state index is 0.120. The summed E-state index contributed by atoms with van der Waals surface area (Å²) in [5.41, 5.74) is 0.626. The van der Waals surface area contributed by atoms with E-state index < -0.39 is 0 Å². The van der Waals surface area contributed by atoms with Gasteiger partial charge >= 0.3 is 0 Å². The van der Waals surface area contributed by atoms with Gasteiger partial charge in [-0.3, -0.25) is 4.79 Å². The molecule has 1 fully saturated rings. The van der Waals surface area contributed by atoms with E-state index in [1.807, 2.05) is 11.6 Å². The highest BCUT2D eigenvalue weighted by Gasteiger charge is 2.16. The number of benzene rings is 1. The van der Waals surface area contributed by atoms with Crippen LogP contribution in [0, 0.1) is 5.92 Å². The van der Waals surface area contributed by atoms with Crippen molar-refractivity contribution in [1.29, 1.82) is 0 Å². The lowest BCUT2D eigenvalue weighted by atomic mass is 9.86. The van der Waals surface area contributed by atoms with E-state index in [1.54, 1.807) is 18.2 Å². The first-order valence-corrected chi connectivity index (χ1v) is 11.0. The summed E-state index contributed by atoms with van der Waals surface area (Å²) in [6.07, 6.45) is 8.91. The first-order valence-electron chi connectivity index (χ1n) is 9.29. The Morgan fingerprint density at radius 1 is 1.22 bits per heavy atom. The number of amides is 1. The van der Waals surface area contributed by atoms with Gasteiger partial charge in [0.05, 0.1) is 15.8 Å². The fourth-order valence-electron chi connectivity index (χ4n) is 3.40. The third-order valence-electron chi connectivity index (χ3n) is 4.96. The third kappa shape index (κ3) is 5.87. The molecule has 0 radical (unpaired) electrons. The molecule has 5 nitrogen and oxygen atoms in total. The predicted molar refractivity (Wildman–Crippen MR) is 112 cm³/mol. The van der Waals surface area contributed by atoms with Gasteiger partial charge in [0, 0.05) is 19.2 Å². The van der Waals surface area contributed by atoms with Gasteiger partial charge in [-0.2, -0.15) is 0 Å². The number of aromatic nitrogens is 3. The number of thioether (sulfide) groups is 1. The third-order valence-corrected chi connectivity index (χ3v) is 6.72. The zero-order valence-electron chi connectivity index (χ0n) is 15.4. The maximum atomic E-state index is 12.2. The predicted octanol–water partition coefficient (Wildman–Crippen LogP) is 5.37. The Bertz CT molecular complexity index is 790. The van der Waals surface area contributed by atoms with Gasteiger partial charge in [0.2, 0.25) is 5.91 Å². The van der Waals surface area contributed by atoms with Crippen molar-refractivity contribution in [2.75, 3.05) is 11.1 Å². The standard InChI is InChI=1S/C19H24Cl2N4OS/c1-25-17(10-7-13-5-3-2-4-6-13)23-24-19(25)27-12-18(26)22-14-8-9-15(20)16(21)11-14/h8-9,11,13H,2-7,10,12H2,1H3,(H,22,26). The Morgan fingerprint density at radius 2 is 2.00 bits per heavy atom. The lowest BCUT2D eigenvalue weighted by Gasteiger charge is -2.20. The van der Waals surface area contributed by atoms with Gasteiger partial charge in [-0.1, -0.05) is 67.1 Å². The summed E-state index contributed by atoms with van der Waals surface area (Å²) in [6, 6.07) is 5.02. The molecule has 0 atom stereocenters. The summed E-state index contributed by atoms with van der Waals surface area (Å²) in [5, 5.41) is 13.0. The maximum Gasteiger partial charge on any atom is 0.234 e. The Balaban J connectivity index is 1.48. The second kappa shape index (κ2) is 9.80. The van der Waals surface area contributed by atoms with E-state index in [4.69, 9.17) is 23.2 Å². The highest BCUT2D eigenvalue weighted by Crippen LogP contribution is 2.28. The van der Waals surface area contributed by atoms with Crippen molar-refractivity contribution in [2.45, 2.75) is 50.1 Å². The number of halogens is 2. The molecule has 0 saturated heterocycles. The molecule has 8 heteroatoms. The molecule has 2 aromatic rings. The number of anilines is 1. The Labute approximate surface area is 174 Å². The molecule has 3 rings (SSSR count). The van der Waals surface area contributed by atoms with Crippen molar-refractivity contribution < 1.29 is 4.79 Å². The number of nitrogens with zero attached hydrogens (tertiary/aromatic N) is 3. The largest absolute Gasteiger partial charge is 0.325 e. The zero-order chi connectivity index (χ0) is 19.2. The first kappa shape index (κ1) is 20.5.